The summed E-state index contributed by atoms with van der Waals surface area (Å²) < 4.78 is 10.1. The molecule has 0 saturated carbocycles. The van der Waals surface area contributed by atoms with Crippen LogP contribution in [0.25, 0.3) is 0 Å². The first-order chi connectivity index (χ1) is 13.9. The predicted octanol–water partition coefficient (Wildman–Crippen LogP) is -3.66. The number of carboxylic acid groups (broad SMARTS) is 1. The van der Waals surface area contributed by atoms with Gasteiger partial charge in [-0.3, -0.25) is 9.59 Å². The molecule has 4 unspecified atom stereocenters. The summed E-state index contributed by atoms with van der Waals surface area (Å²) in [6, 6.07) is -0.931. The van der Waals surface area contributed by atoms with Crippen molar-refractivity contribution in [3.05, 3.63) is 0 Å². The molecule has 0 spiro atoms. The van der Waals surface area contributed by atoms with E-state index in [-0.39, 0.29) is 0 Å². The first-order valence-electron chi connectivity index (χ1n) is 9.48. The minimum absolute atomic E-state index is 0.292. The summed E-state index contributed by atoms with van der Waals surface area (Å²) in [7, 11) is 0. The third-order valence-electron chi connectivity index (χ3n) is 4.70. The van der Waals surface area contributed by atoms with Gasteiger partial charge in [-0.2, -0.15) is 0 Å². The highest BCUT2D eigenvalue weighted by molar-refractivity contribution is 5.76. The number of nitrogens with one attached hydrogen (secondary N) is 1. The van der Waals surface area contributed by atoms with Crippen LogP contribution in [-0.4, -0.2) is 92.9 Å². The second-order valence-electron chi connectivity index (χ2n) is 7.30. The molecule has 10 N–H and O–H groups in total. The SMILES string of the molecule is CC(=O)N[C@@H](O)C1C(O)CC(O)(C(=O)O)OC1C[C@H](O)COC(=O)[C@H](N)CCCN. The van der Waals surface area contributed by atoms with Crippen molar-refractivity contribution in [1.29, 1.82) is 0 Å². The fourth-order valence-electron chi connectivity index (χ4n) is 3.18. The monoisotopic (exact) mass is 437 g/mol. The summed E-state index contributed by atoms with van der Waals surface area (Å²) in [6.07, 6.45) is -6.47. The number of nitrogens with two attached hydrogens (primary N) is 2. The van der Waals surface area contributed by atoms with Gasteiger partial charge in [0.2, 0.25) is 5.91 Å². The number of carbonyl (C=O) groups excluding carboxylic acids is 2. The third-order valence-corrected chi connectivity index (χ3v) is 4.70. The van der Waals surface area contributed by atoms with Crippen molar-refractivity contribution in [2.45, 2.75) is 69.0 Å². The van der Waals surface area contributed by atoms with E-state index < -0.39 is 79.6 Å². The van der Waals surface area contributed by atoms with E-state index >= 15 is 0 Å². The Kier molecular flexibility index (Phi) is 10.0. The maximum atomic E-state index is 11.8. The summed E-state index contributed by atoms with van der Waals surface area (Å²) in [6.45, 7) is 0.930. The largest absolute Gasteiger partial charge is 0.477 e. The average Bonchev–Trinajstić information content (AvgIpc) is 2.62. The van der Waals surface area contributed by atoms with E-state index in [0.29, 0.717) is 19.4 Å². The molecule has 1 aliphatic rings. The van der Waals surface area contributed by atoms with E-state index in [9.17, 15) is 39.9 Å². The molecule has 1 amide bonds. The van der Waals surface area contributed by atoms with Gasteiger partial charge in [0.25, 0.3) is 5.79 Å². The maximum Gasteiger partial charge on any atom is 0.364 e. The number of hydrogen-bond acceptors (Lipinski definition) is 11. The molecule has 0 bridgehead atoms. The van der Waals surface area contributed by atoms with Crippen molar-refractivity contribution in [2.24, 2.45) is 17.4 Å². The van der Waals surface area contributed by atoms with Crippen molar-refractivity contribution in [3.63, 3.8) is 0 Å². The van der Waals surface area contributed by atoms with Crippen LogP contribution in [0.5, 0.6) is 0 Å². The molecule has 30 heavy (non-hydrogen) atoms. The van der Waals surface area contributed by atoms with E-state index in [0.717, 1.165) is 6.92 Å². The van der Waals surface area contributed by atoms with Crippen molar-refractivity contribution in [1.82, 2.24) is 5.32 Å². The maximum absolute atomic E-state index is 11.8. The fraction of sp³-hybridized carbons (Fsp3) is 0.824. The van der Waals surface area contributed by atoms with Crippen molar-refractivity contribution in [3.8, 4) is 0 Å². The Labute approximate surface area is 172 Å². The van der Waals surface area contributed by atoms with Gasteiger partial charge < -0.3 is 51.8 Å². The number of rotatable bonds is 11. The van der Waals surface area contributed by atoms with Crippen LogP contribution >= 0.6 is 0 Å². The molecule has 0 aliphatic carbocycles. The number of hydrogen-bond donors (Lipinski definition) is 8. The summed E-state index contributed by atoms with van der Waals surface area (Å²) >= 11 is 0. The number of aliphatic carboxylic acids is 1. The van der Waals surface area contributed by atoms with Crippen LogP contribution in [0.15, 0.2) is 0 Å². The lowest BCUT2D eigenvalue weighted by molar-refractivity contribution is -0.297. The molecule has 1 aliphatic heterocycles. The smallest absolute Gasteiger partial charge is 0.364 e. The van der Waals surface area contributed by atoms with Gasteiger partial charge in [-0.1, -0.05) is 0 Å². The van der Waals surface area contributed by atoms with Gasteiger partial charge in [0, 0.05) is 19.8 Å². The summed E-state index contributed by atoms with van der Waals surface area (Å²) in [5, 5.41) is 52.1. The van der Waals surface area contributed by atoms with Crippen molar-refractivity contribution in [2.75, 3.05) is 13.2 Å². The molecule has 1 heterocycles. The number of aliphatic hydroxyl groups excluding tert-OH is 3. The average molecular weight is 437 g/mol. The molecular weight excluding hydrogens is 406 g/mol. The molecule has 174 valence electrons. The highest BCUT2D eigenvalue weighted by Crippen LogP contribution is 2.35. The number of esters is 1. The van der Waals surface area contributed by atoms with Crippen LogP contribution in [0.4, 0.5) is 0 Å². The van der Waals surface area contributed by atoms with Gasteiger partial charge in [0.15, 0.2) is 0 Å². The minimum Gasteiger partial charge on any atom is -0.477 e. The number of aliphatic hydroxyl groups is 4. The van der Waals surface area contributed by atoms with Crippen molar-refractivity contribution < 1.29 is 49.4 Å². The quantitative estimate of drug-likeness (QED) is 0.115. The molecule has 1 rings (SSSR count). The van der Waals surface area contributed by atoms with Crippen LogP contribution in [0, 0.1) is 5.92 Å². The third kappa shape index (κ3) is 7.43. The van der Waals surface area contributed by atoms with E-state index in [1.807, 2.05) is 0 Å². The summed E-state index contributed by atoms with van der Waals surface area (Å²) in [5.41, 5.74) is 11.0. The molecule has 1 fully saturated rings. The van der Waals surface area contributed by atoms with Crippen LogP contribution in [0.3, 0.4) is 0 Å². The molecule has 0 aromatic rings. The summed E-state index contributed by atoms with van der Waals surface area (Å²) in [5.74, 6) is -7.22. The second-order valence-corrected chi connectivity index (χ2v) is 7.30. The first kappa shape index (κ1) is 26.2. The molecule has 13 nitrogen and oxygen atoms in total. The van der Waals surface area contributed by atoms with Gasteiger partial charge in [-0.05, 0) is 19.4 Å². The standard InChI is InChI=1S/C17H31N3O10/c1-8(21)20-14(24)13-11(23)6-17(28,16(26)27)30-12(13)5-9(22)7-29-15(25)10(19)3-2-4-18/h9-14,22-24,28H,2-7,18-19H2,1H3,(H,20,21)(H,26,27)/t9-,10+,11?,12?,13?,14-,17?/m0/s1. The molecule has 1 saturated heterocycles. The van der Waals surface area contributed by atoms with Gasteiger partial charge in [0.1, 0.15) is 18.9 Å². The lowest BCUT2D eigenvalue weighted by Crippen LogP contribution is -2.61. The van der Waals surface area contributed by atoms with Gasteiger partial charge in [-0.25, -0.2) is 4.79 Å². The molecule has 13 heteroatoms. The predicted molar refractivity (Wildman–Crippen MR) is 99.2 cm³/mol. The number of carboxylic acids is 1. The Hall–Kier alpha value is -1.87. The highest BCUT2D eigenvalue weighted by Gasteiger charge is 2.53. The van der Waals surface area contributed by atoms with E-state index in [4.69, 9.17) is 20.9 Å². The van der Waals surface area contributed by atoms with Crippen LogP contribution in [0.2, 0.25) is 0 Å². The van der Waals surface area contributed by atoms with Crippen LogP contribution < -0.4 is 16.8 Å². The zero-order chi connectivity index (χ0) is 23.1. The first-order valence-corrected chi connectivity index (χ1v) is 9.48. The van der Waals surface area contributed by atoms with Gasteiger partial charge in [-0.15, -0.1) is 0 Å². The Morgan fingerprint density at radius 1 is 1.33 bits per heavy atom. The van der Waals surface area contributed by atoms with Crippen molar-refractivity contribution >= 4 is 17.8 Å². The Morgan fingerprint density at radius 2 is 1.97 bits per heavy atom. The zero-order valence-corrected chi connectivity index (χ0v) is 16.6. The van der Waals surface area contributed by atoms with E-state index in [2.05, 4.69) is 5.32 Å². The topological polar surface area (TPSA) is 235 Å². The second kappa shape index (κ2) is 11.5. The van der Waals surface area contributed by atoms with E-state index in [1.54, 1.807) is 0 Å². The molecule has 0 radical (unpaired) electrons. The minimum atomic E-state index is -2.77. The number of carbonyl (C=O) groups is 3. The molecular formula is C17H31N3O10. The van der Waals surface area contributed by atoms with Gasteiger partial charge >= 0.3 is 11.9 Å². The van der Waals surface area contributed by atoms with Crippen LogP contribution in [0.1, 0.15) is 32.6 Å². The Balaban J connectivity index is 2.83. The van der Waals surface area contributed by atoms with Crippen LogP contribution in [-0.2, 0) is 23.9 Å². The lowest BCUT2D eigenvalue weighted by Gasteiger charge is -2.44. The highest BCUT2D eigenvalue weighted by atomic mass is 16.7. The summed E-state index contributed by atoms with van der Waals surface area (Å²) in [4.78, 5) is 34.3. The molecule has 0 aromatic carbocycles. The normalized spacial score (nSPS) is 29.5. The number of ether oxygens (including phenoxy) is 2. The van der Waals surface area contributed by atoms with Gasteiger partial charge in [0.05, 0.1) is 24.2 Å². The lowest BCUT2D eigenvalue weighted by atomic mass is 9.83. The van der Waals surface area contributed by atoms with E-state index in [1.165, 1.54) is 0 Å². The number of amides is 1. The Bertz CT molecular complexity index is 606. The molecule has 7 atom stereocenters. The molecule has 0 aromatic heterocycles. The fourth-order valence-corrected chi connectivity index (χ4v) is 3.18. The Morgan fingerprint density at radius 3 is 2.50 bits per heavy atom. The zero-order valence-electron chi connectivity index (χ0n) is 16.6.